The fourth-order valence-corrected chi connectivity index (χ4v) is 1.75. The maximum absolute atomic E-state index is 9.36. The number of hydrogen-bond acceptors (Lipinski definition) is 6. The molecule has 108 valence electrons. The Hall–Kier alpha value is -0.240. The van der Waals surface area contributed by atoms with Gasteiger partial charge < -0.3 is 28.8 Å². The van der Waals surface area contributed by atoms with Crippen LogP contribution >= 0.6 is 0 Å². The molecule has 0 heterocycles. The molecular weight excluding hydrogens is 240 g/mol. The van der Waals surface area contributed by atoms with Gasteiger partial charge in [-0.1, -0.05) is 0 Å². The van der Waals surface area contributed by atoms with Crippen LogP contribution in [0.15, 0.2) is 0 Å². The molecule has 0 aromatic carbocycles. The van der Waals surface area contributed by atoms with Crippen LogP contribution in [0.4, 0.5) is 0 Å². The fraction of sp³-hybridized carbons (Fsp3) is 1.00. The van der Waals surface area contributed by atoms with Gasteiger partial charge in [0.1, 0.15) is 6.10 Å². The minimum Gasteiger partial charge on any atom is -0.390 e. The molecule has 18 heavy (non-hydrogen) atoms. The van der Waals surface area contributed by atoms with Crippen molar-refractivity contribution in [3.63, 3.8) is 0 Å². The lowest BCUT2D eigenvalue weighted by Gasteiger charge is -2.39. The van der Waals surface area contributed by atoms with Crippen molar-refractivity contribution in [1.82, 2.24) is 0 Å². The highest BCUT2D eigenvalue weighted by atomic mass is 16.6. The summed E-state index contributed by atoms with van der Waals surface area (Å²) in [5.74, 6) is 0. The Morgan fingerprint density at radius 1 is 0.944 bits per heavy atom. The van der Waals surface area contributed by atoms with Gasteiger partial charge in [-0.05, 0) is 0 Å². The van der Waals surface area contributed by atoms with E-state index in [2.05, 4.69) is 0 Å². The monoisotopic (exact) mass is 264 g/mol. The Morgan fingerprint density at radius 2 is 1.56 bits per heavy atom. The first-order valence-electron chi connectivity index (χ1n) is 6.26. The molecule has 1 saturated carbocycles. The molecule has 0 aromatic rings. The fourth-order valence-electron chi connectivity index (χ4n) is 1.75. The molecule has 1 rings (SSSR count). The molecule has 6 nitrogen and oxygen atoms in total. The Balaban J connectivity index is 1.82. The van der Waals surface area contributed by atoms with Crippen LogP contribution in [0.3, 0.4) is 0 Å². The predicted molar refractivity (Wildman–Crippen MR) is 64.7 cm³/mol. The van der Waals surface area contributed by atoms with Crippen LogP contribution < -0.4 is 0 Å². The van der Waals surface area contributed by atoms with Crippen molar-refractivity contribution in [2.24, 2.45) is 0 Å². The molecule has 1 aliphatic carbocycles. The maximum Gasteiger partial charge on any atom is 0.109 e. The summed E-state index contributed by atoms with van der Waals surface area (Å²) >= 11 is 0. The van der Waals surface area contributed by atoms with Crippen LogP contribution in [0, 0.1) is 0 Å². The summed E-state index contributed by atoms with van der Waals surface area (Å²) in [6, 6.07) is 0. The van der Waals surface area contributed by atoms with E-state index in [1.54, 1.807) is 14.2 Å². The second-order valence-corrected chi connectivity index (χ2v) is 4.13. The molecule has 3 atom stereocenters. The van der Waals surface area contributed by atoms with Crippen LogP contribution in [-0.2, 0) is 23.7 Å². The Kier molecular flexibility index (Phi) is 8.49. The topological polar surface area (TPSA) is 66.4 Å². The summed E-state index contributed by atoms with van der Waals surface area (Å²) in [5, 5.41) is 9.36. The minimum atomic E-state index is -0.393. The molecule has 0 aliphatic heterocycles. The Bertz CT molecular complexity index is 201. The predicted octanol–water partition coefficient (Wildman–Crippen LogP) is -0.169. The summed E-state index contributed by atoms with van der Waals surface area (Å²) in [5.41, 5.74) is 0. The average Bonchev–Trinajstić information content (AvgIpc) is 2.35. The first-order chi connectivity index (χ1) is 8.79. The maximum atomic E-state index is 9.36. The van der Waals surface area contributed by atoms with Crippen LogP contribution in [-0.4, -0.2) is 77.3 Å². The van der Waals surface area contributed by atoms with Crippen molar-refractivity contribution in [3.05, 3.63) is 0 Å². The van der Waals surface area contributed by atoms with Gasteiger partial charge in [0, 0.05) is 20.6 Å². The zero-order valence-electron chi connectivity index (χ0n) is 11.2. The molecule has 3 unspecified atom stereocenters. The average molecular weight is 264 g/mol. The number of hydrogen-bond donors (Lipinski definition) is 1. The van der Waals surface area contributed by atoms with E-state index in [1.165, 1.54) is 0 Å². The molecule has 1 N–H and O–H groups in total. The van der Waals surface area contributed by atoms with Gasteiger partial charge in [0.2, 0.25) is 0 Å². The van der Waals surface area contributed by atoms with E-state index >= 15 is 0 Å². The molecule has 0 amide bonds. The van der Waals surface area contributed by atoms with Gasteiger partial charge in [0.05, 0.1) is 51.8 Å². The van der Waals surface area contributed by atoms with Crippen molar-refractivity contribution < 1.29 is 28.8 Å². The quantitative estimate of drug-likeness (QED) is 0.523. The van der Waals surface area contributed by atoms with E-state index in [0.717, 1.165) is 0 Å². The number of rotatable bonds is 11. The second-order valence-electron chi connectivity index (χ2n) is 4.13. The van der Waals surface area contributed by atoms with E-state index < -0.39 is 6.10 Å². The van der Waals surface area contributed by atoms with Crippen molar-refractivity contribution in [2.45, 2.75) is 24.7 Å². The molecule has 1 fully saturated rings. The van der Waals surface area contributed by atoms with E-state index in [1.807, 2.05) is 0 Å². The van der Waals surface area contributed by atoms with Crippen molar-refractivity contribution >= 4 is 0 Å². The number of ether oxygens (including phenoxy) is 5. The van der Waals surface area contributed by atoms with E-state index in [-0.39, 0.29) is 12.2 Å². The lowest BCUT2D eigenvalue weighted by molar-refractivity contribution is -0.185. The van der Waals surface area contributed by atoms with Crippen molar-refractivity contribution in [2.75, 3.05) is 53.9 Å². The van der Waals surface area contributed by atoms with Crippen LogP contribution in [0.25, 0.3) is 0 Å². The first kappa shape index (κ1) is 15.8. The highest BCUT2D eigenvalue weighted by molar-refractivity contribution is 4.91. The van der Waals surface area contributed by atoms with E-state index in [9.17, 15) is 5.11 Å². The Morgan fingerprint density at radius 3 is 2.11 bits per heavy atom. The minimum absolute atomic E-state index is 0.00782. The normalized spacial score (nSPS) is 27.2. The third-order valence-corrected chi connectivity index (χ3v) is 2.86. The SMILES string of the molecule is COCCOCCOCCOC1CC(O)C1OC. The van der Waals surface area contributed by atoms with Gasteiger partial charge in [-0.15, -0.1) is 0 Å². The van der Waals surface area contributed by atoms with E-state index in [0.29, 0.717) is 46.1 Å². The van der Waals surface area contributed by atoms with Crippen LogP contribution in [0.5, 0.6) is 0 Å². The molecule has 0 radical (unpaired) electrons. The molecule has 0 saturated heterocycles. The van der Waals surface area contributed by atoms with Gasteiger partial charge in [-0.25, -0.2) is 0 Å². The molecular formula is C12H24O6. The first-order valence-corrected chi connectivity index (χ1v) is 6.26. The number of aliphatic hydroxyl groups is 1. The molecule has 6 heteroatoms. The summed E-state index contributed by atoms with van der Waals surface area (Å²) in [6.07, 6.45) is 0.0440. The highest BCUT2D eigenvalue weighted by Gasteiger charge is 2.40. The third kappa shape index (κ3) is 5.60. The summed E-state index contributed by atoms with van der Waals surface area (Å²) < 4.78 is 26.0. The molecule has 0 bridgehead atoms. The number of methoxy groups -OCH3 is 2. The van der Waals surface area contributed by atoms with Crippen LogP contribution in [0.1, 0.15) is 6.42 Å². The zero-order chi connectivity index (χ0) is 13.2. The van der Waals surface area contributed by atoms with Gasteiger partial charge >= 0.3 is 0 Å². The van der Waals surface area contributed by atoms with E-state index in [4.69, 9.17) is 23.7 Å². The van der Waals surface area contributed by atoms with Gasteiger partial charge in [0.15, 0.2) is 0 Å². The summed E-state index contributed by atoms with van der Waals surface area (Å²) in [4.78, 5) is 0. The summed E-state index contributed by atoms with van der Waals surface area (Å²) in [6.45, 7) is 3.34. The smallest absolute Gasteiger partial charge is 0.109 e. The second kappa shape index (κ2) is 9.66. The Labute approximate surface area is 108 Å². The van der Waals surface area contributed by atoms with Gasteiger partial charge in [-0.3, -0.25) is 0 Å². The molecule has 0 aromatic heterocycles. The largest absolute Gasteiger partial charge is 0.390 e. The number of aliphatic hydroxyl groups excluding tert-OH is 1. The third-order valence-electron chi connectivity index (χ3n) is 2.86. The van der Waals surface area contributed by atoms with Gasteiger partial charge in [0.25, 0.3) is 0 Å². The van der Waals surface area contributed by atoms with Crippen LogP contribution in [0.2, 0.25) is 0 Å². The lowest BCUT2D eigenvalue weighted by Crippen LogP contribution is -2.53. The summed E-state index contributed by atoms with van der Waals surface area (Å²) in [7, 11) is 3.22. The molecule has 1 aliphatic rings. The highest BCUT2D eigenvalue weighted by Crippen LogP contribution is 2.26. The van der Waals surface area contributed by atoms with Crippen molar-refractivity contribution in [3.8, 4) is 0 Å². The lowest BCUT2D eigenvalue weighted by atomic mass is 9.88. The standard InChI is InChI=1S/C12H24O6/c1-14-3-4-16-5-6-17-7-8-18-11-9-10(13)12(11)15-2/h10-13H,3-9H2,1-2H3. The molecule has 0 spiro atoms. The zero-order valence-corrected chi connectivity index (χ0v) is 11.2. The van der Waals surface area contributed by atoms with Crippen molar-refractivity contribution in [1.29, 1.82) is 0 Å². The van der Waals surface area contributed by atoms with Gasteiger partial charge in [-0.2, -0.15) is 0 Å².